The van der Waals surface area contributed by atoms with E-state index >= 15 is 0 Å². The third-order valence-corrected chi connectivity index (χ3v) is 3.83. The van der Waals surface area contributed by atoms with E-state index in [4.69, 9.17) is 4.74 Å². The summed E-state index contributed by atoms with van der Waals surface area (Å²) < 4.78 is 5.55. The highest BCUT2D eigenvalue weighted by Crippen LogP contribution is 2.25. The van der Waals surface area contributed by atoms with Crippen molar-refractivity contribution in [3.05, 3.63) is 28.8 Å². The van der Waals surface area contributed by atoms with Gasteiger partial charge in [0.2, 0.25) is 0 Å². The van der Waals surface area contributed by atoms with E-state index in [1.807, 2.05) is 26.8 Å². The summed E-state index contributed by atoms with van der Waals surface area (Å²) in [6, 6.07) is 3.46. The third-order valence-electron chi connectivity index (χ3n) is 3.83. The van der Waals surface area contributed by atoms with Crippen molar-refractivity contribution in [3.8, 4) is 5.75 Å². The van der Waals surface area contributed by atoms with Gasteiger partial charge in [-0.1, -0.05) is 6.07 Å². The molecule has 1 aromatic rings. The Morgan fingerprint density at radius 1 is 1.47 bits per heavy atom. The van der Waals surface area contributed by atoms with E-state index < -0.39 is 0 Å². The summed E-state index contributed by atoms with van der Waals surface area (Å²) in [5.41, 5.74) is 2.05. The fraction of sp³-hybridized carbons (Fsp3) is 0.533. The number of carbonyl (C=O) groups excluding carboxylic acids is 1. The average molecular weight is 263 g/mol. The summed E-state index contributed by atoms with van der Waals surface area (Å²) in [7, 11) is 0. The van der Waals surface area contributed by atoms with Crippen LogP contribution in [-0.4, -0.2) is 29.8 Å². The van der Waals surface area contributed by atoms with Gasteiger partial charge in [-0.25, -0.2) is 0 Å². The first-order valence-corrected chi connectivity index (χ1v) is 6.72. The van der Waals surface area contributed by atoms with Crippen LogP contribution in [0.15, 0.2) is 12.1 Å². The Hall–Kier alpha value is -1.55. The zero-order valence-electron chi connectivity index (χ0n) is 11.7. The Bertz CT molecular complexity index is 479. The lowest BCUT2D eigenvalue weighted by Gasteiger charge is -2.20. The van der Waals surface area contributed by atoms with Gasteiger partial charge < -0.3 is 15.2 Å². The van der Waals surface area contributed by atoms with Gasteiger partial charge in [0.25, 0.3) is 5.91 Å². The summed E-state index contributed by atoms with van der Waals surface area (Å²) in [5.74, 6) is -0.180. The van der Waals surface area contributed by atoms with Gasteiger partial charge in [-0.2, -0.15) is 0 Å². The standard InChI is InChI=1S/C15H21NO3/c1-9-6-7-12(14(17)10(9)2)15(18)16-11(3)13-5-4-8-19-13/h6-7,11,13,17H,4-5,8H2,1-3H3,(H,16,18). The molecule has 0 aliphatic carbocycles. The van der Waals surface area contributed by atoms with E-state index in [1.165, 1.54) is 0 Å². The highest BCUT2D eigenvalue weighted by atomic mass is 16.5. The molecule has 104 valence electrons. The molecule has 1 aromatic carbocycles. The second-order valence-electron chi connectivity index (χ2n) is 5.22. The molecule has 1 aliphatic rings. The molecule has 2 rings (SSSR count). The van der Waals surface area contributed by atoms with Crippen LogP contribution >= 0.6 is 0 Å². The molecule has 1 saturated heterocycles. The van der Waals surface area contributed by atoms with Gasteiger partial charge in [-0.3, -0.25) is 4.79 Å². The van der Waals surface area contributed by atoms with Crippen LogP contribution in [0.25, 0.3) is 0 Å². The second kappa shape index (κ2) is 5.61. The molecule has 4 heteroatoms. The van der Waals surface area contributed by atoms with Crippen molar-refractivity contribution in [1.82, 2.24) is 5.32 Å². The smallest absolute Gasteiger partial charge is 0.255 e. The summed E-state index contributed by atoms with van der Waals surface area (Å²) >= 11 is 0. The van der Waals surface area contributed by atoms with E-state index in [0.717, 1.165) is 30.6 Å². The molecule has 0 aromatic heterocycles. The van der Waals surface area contributed by atoms with Crippen molar-refractivity contribution in [2.45, 2.75) is 45.8 Å². The maximum Gasteiger partial charge on any atom is 0.255 e. The van der Waals surface area contributed by atoms with Gasteiger partial charge in [0.05, 0.1) is 17.7 Å². The molecular weight excluding hydrogens is 242 g/mol. The number of ether oxygens (including phenoxy) is 1. The van der Waals surface area contributed by atoms with E-state index in [1.54, 1.807) is 6.07 Å². The lowest BCUT2D eigenvalue weighted by atomic mass is 10.0. The zero-order valence-corrected chi connectivity index (χ0v) is 11.7. The number of phenolic OH excluding ortho intramolecular Hbond substituents is 1. The fourth-order valence-corrected chi connectivity index (χ4v) is 2.36. The molecule has 0 radical (unpaired) electrons. The van der Waals surface area contributed by atoms with E-state index in [2.05, 4.69) is 5.32 Å². The highest BCUT2D eigenvalue weighted by molar-refractivity contribution is 5.97. The molecule has 2 N–H and O–H groups in total. The molecule has 2 atom stereocenters. The van der Waals surface area contributed by atoms with Gasteiger partial charge in [0, 0.05) is 6.61 Å². The first kappa shape index (κ1) is 13.9. The van der Waals surface area contributed by atoms with Crippen molar-refractivity contribution in [2.24, 2.45) is 0 Å². The molecule has 1 fully saturated rings. The summed E-state index contributed by atoms with van der Waals surface area (Å²) in [5, 5.41) is 12.9. The number of carbonyl (C=O) groups is 1. The Kier molecular flexibility index (Phi) is 4.10. The minimum atomic E-state index is -0.247. The molecule has 4 nitrogen and oxygen atoms in total. The predicted molar refractivity (Wildman–Crippen MR) is 73.5 cm³/mol. The summed E-state index contributed by atoms with van der Waals surface area (Å²) in [4.78, 5) is 12.2. The van der Waals surface area contributed by atoms with Crippen LogP contribution in [0.5, 0.6) is 5.75 Å². The molecule has 0 saturated carbocycles. The monoisotopic (exact) mass is 263 g/mol. The maximum absolute atomic E-state index is 12.2. The molecule has 2 unspecified atom stereocenters. The Morgan fingerprint density at radius 3 is 2.84 bits per heavy atom. The van der Waals surface area contributed by atoms with Crippen molar-refractivity contribution in [3.63, 3.8) is 0 Å². The lowest BCUT2D eigenvalue weighted by Crippen LogP contribution is -2.40. The Balaban J connectivity index is 2.09. The minimum absolute atomic E-state index is 0.0454. The zero-order chi connectivity index (χ0) is 14.0. The first-order chi connectivity index (χ1) is 9.00. The molecule has 19 heavy (non-hydrogen) atoms. The maximum atomic E-state index is 12.2. The van der Waals surface area contributed by atoms with Crippen molar-refractivity contribution in [1.29, 1.82) is 0 Å². The number of aryl methyl sites for hydroxylation is 1. The number of aromatic hydroxyl groups is 1. The third kappa shape index (κ3) is 2.89. The molecule has 1 amide bonds. The van der Waals surface area contributed by atoms with Gasteiger partial charge in [0.1, 0.15) is 5.75 Å². The van der Waals surface area contributed by atoms with E-state index in [9.17, 15) is 9.90 Å². The van der Waals surface area contributed by atoms with Crippen LogP contribution in [0.2, 0.25) is 0 Å². The van der Waals surface area contributed by atoms with E-state index in [-0.39, 0.29) is 23.8 Å². The topological polar surface area (TPSA) is 58.6 Å². The number of rotatable bonds is 3. The number of amides is 1. The van der Waals surface area contributed by atoms with Gasteiger partial charge in [0.15, 0.2) is 0 Å². The Labute approximate surface area is 113 Å². The number of benzene rings is 1. The average Bonchev–Trinajstić information content (AvgIpc) is 2.89. The van der Waals surface area contributed by atoms with Crippen molar-refractivity contribution >= 4 is 5.91 Å². The largest absolute Gasteiger partial charge is 0.507 e. The normalized spacial score (nSPS) is 20.3. The summed E-state index contributed by atoms with van der Waals surface area (Å²) in [6.07, 6.45) is 2.10. The Morgan fingerprint density at radius 2 is 2.21 bits per heavy atom. The number of phenols is 1. The molecule has 1 heterocycles. The second-order valence-corrected chi connectivity index (χ2v) is 5.22. The van der Waals surface area contributed by atoms with Crippen LogP contribution < -0.4 is 5.32 Å². The predicted octanol–water partition coefficient (Wildman–Crippen LogP) is 2.31. The van der Waals surface area contributed by atoms with Crippen LogP contribution in [0.3, 0.4) is 0 Å². The van der Waals surface area contributed by atoms with Crippen LogP contribution in [-0.2, 0) is 4.74 Å². The van der Waals surface area contributed by atoms with E-state index in [0.29, 0.717) is 5.56 Å². The van der Waals surface area contributed by atoms with Crippen LogP contribution in [0.1, 0.15) is 41.3 Å². The first-order valence-electron chi connectivity index (χ1n) is 6.72. The lowest BCUT2D eigenvalue weighted by molar-refractivity contribution is 0.0711. The number of nitrogens with one attached hydrogen (secondary N) is 1. The van der Waals surface area contributed by atoms with Crippen molar-refractivity contribution in [2.75, 3.05) is 6.61 Å². The number of hydrogen-bond acceptors (Lipinski definition) is 3. The van der Waals surface area contributed by atoms with Crippen LogP contribution in [0.4, 0.5) is 0 Å². The van der Waals surface area contributed by atoms with Gasteiger partial charge in [-0.05, 0) is 50.8 Å². The number of hydrogen-bond donors (Lipinski definition) is 2. The van der Waals surface area contributed by atoms with Crippen molar-refractivity contribution < 1.29 is 14.6 Å². The van der Waals surface area contributed by atoms with Gasteiger partial charge >= 0.3 is 0 Å². The van der Waals surface area contributed by atoms with Crippen LogP contribution in [0, 0.1) is 13.8 Å². The molecule has 1 aliphatic heterocycles. The molecular formula is C15H21NO3. The fourth-order valence-electron chi connectivity index (χ4n) is 2.36. The quantitative estimate of drug-likeness (QED) is 0.879. The minimum Gasteiger partial charge on any atom is -0.507 e. The van der Waals surface area contributed by atoms with Gasteiger partial charge in [-0.15, -0.1) is 0 Å². The SMILES string of the molecule is Cc1ccc(C(=O)NC(C)C2CCCO2)c(O)c1C. The molecule has 0 bridgehead atoms. The highest BCUT2D eigenvalue weighted by Gasteiger charge is 2.25. The molecule has 0 spiro atoms. The summed E-state index contributed by atoms with van der Waals surface area (Å²) in [6.45, 7) is 6.42.